The molecule has 0 saturated heterocycles. The summed E-state index contributed by atoms with van der Waals surface area (Å²) in [5, 5.41) is 0. The quantitative estimate of drug-likeness (QED) is 0.363. The number of ether oxygens (including phenoxy) is 1. The molecule has 0 aliphatic rings. The van der Waals surface area contributed by atoms with Crippen molar-refractivity contribution in [3.63, 3.8) is 0 Å². The van der Waals surface area contributed by atoms with E-state index in [1.807, 2.05) is 0 Å². The van der Waals surface area contributed by atoms with Gasteiger partial charge in [-0.15, -0.1) is 0 Å². The second kappa shape index (κ2) is 7.21. The zero-order valence-electron chi connectivity index (χ0n) is 11.7. The molecular formula is C15H16N4O3. The number of benzene rings is 2. The molecule has 0 aromatic heterocycles. The number of hydrogen-bond acceptors (Lipinski definition) is 5. The first-order valence-electron chi connectivity index (χ1n) is 6.47. The van der Waals surface area contributed by atoms with Gasteiger partial charge in [0.1, 0.15) is 12.4 Å². The Bertz CT molecular complexity index is 594. The molecule has 0 aliphatic heterocycles. The van der Waals surface area contributed by atoms with Gasteiger partial charge in [0.15, 0.2) is 0 Å². The molecule has 0 saturated carbocycles. The van der Waals surface area contributed by atoms with Crippen LogP contribution in [0.2, 0.25) is 0 Å². The molecule has 2 aromatic rings. The van der Waals surface area contributed by atoms with E-state index in [1.165, 1.54) is 0 Å². The topological polar surface area (TPSA) is 119 Å². The summed E-state index contributed by atoms with van der Waals surface area (Å²) in [4.78, 5) is 22.6. The van der Waals surface area contributed by atoms with Gasteiger partial charge in [-0.2, -0.15) is 0 Å². The van der Waals surface area contributed by atoms with Gasteiger partial charge >= 0.3 is 0 Å². The van der Waals surface area contributed by atoms with Crippen molar-refractivity contribution in [1.82, 2.24) is 10.9 Å². The summed E-state index contributed by atoms with van der Waals surface area (Å²) >= 11 is 0. The Morgan fingerprint density at radius 2 is 1.27 bits per heavy atom. The average molecular weight is 300 g/mol. The van der Waals surface area contributed by atoms with E-state index in [1.54, 1.807) is 48.5 Å². The molecule has 7 nitrogen and oxygen atoms in total. The standard InChI is InChI=1S/C15H16N4O3/c16-18-14(20)11-3-1-10(2-4-11)9-22-13-7-5-12(6-8-13)15(21)19-17/h1-8H,9,16-17H2,(H,18,20)(H,19,21). The normalized spacial score (nSPS) is 9.91. The predicted molar refractivity (Wildman–Crippen MR) is 80.5 cm³/mol. The molecule has 6 N–H and O–H groups in total. The largest absolute Gasteiger partial charge is 0.489 e. The third-order valence-electron chi connectivity index (χ3n) is 3.00. The maximum Gasteiger partial charge on any atom is 0.265 e. The molecule has 0 aliphatic carbocycles. The van der Waals surface area contributed by atoms with Gasteiger partial charge in [-0.25, -0.2) is 11.7 Å². The van der Waals surface area contributed by atoms with Gasteiger partial charge in [0.05, 0.1) is 0 Å². The fourth-order valence-corrected chi connectivity index (χ4v) is 1.79. The van der Waals surface area contributed by atoms with E-state index in [0.717, 1.165) is 5.56 Å². The van der Waals surface area contributed by atoms with Gasteiger partial charge in [0, 0.05) is 11.1 Å². The van der Waals surface area contributed by atoms with Crippen molar-refractivity contribution in [3.05, 3.63) is 65.2 Å². The van der Waals surface area contributed by atoms with Crippen LogP contribution in [0.25, 0.3) is 0 Å². The number of nitrogen functional groups attached to an aromatic ring is 2. The highest BCUT2D eigenvalue weighted by atomic mass is 16.5. The number of nitrogens with two attached hydrogens (primary N) is 2. The zero-order chi connectivity index (χ0) is 15.9. The number of hydrazine groups is 2. The zero-order valence-corrected chi connectivity index (χ0v) is 11.7. The van der Waals surface area contributed by atoms with E-state index in [2.05, 4.69) is 10.9 Å². The number of nitrogens with one attached hydrogen (secondary N) is 2. The van der Waals surface area contributed by atoms with Crippen LogP contribution in [-0.2, 0) is 6.61 Å². The first-order valence-corrected chi connectivity index (χ1v) is 6.47. The molecule has 0 spiro atoms. The Morgan fingerprint density at radius 3 is 1.73 bits per heavy atom. The lowest BCUT2D eigenvalue weighted by Gasteiger charge is -2.08. The first kappa shape index (κ1) is 15.5. The molecule has 22 heavy (non-hydrogen) atoms. The Balaban J connectivity index is 1.95. The number of rotatable bonds is 5. The van der Waals surface area contributed by atoms with E-state index in [0.29, 0.717) is 23.5 Å². The van der Waals surface area contributed by atoms with Crippen LogP contribution in [0.1, 0.15) is 26.3 Å². The van der Waals surface area contributed by atoms with Crippen molar-refractivity contribution in [2.45, 2.75) is 6.61 Å². The fraction of sp³-hybridized carbons (Fsp3) is 0.0667. The Labute approximate surface area is 127 Å². The fourth-order valence-electron chi connectivity index (χ4n) is 1.79. The van der Waals surface area contributed by atoms with Gasteiger partial charge < -0.3 is 4.74 Å². The lowest BCUT2D eigenvalue weighted by atomic mass is 10.1. The van der Waals surface area contributed by atoms with Crippen molar-refractivity contribution in [3.8, 4) is 5.75 Å². The van der Waals surface area contributed by atoms with Crippen LogP contribution in [0, 0.1) is 0 Å². The van der Waals surface area contributed by atoms with E-state index in [9.17, 15) is 9.59 Å². The number of amides is 2. The minimum Gasteiger partial charge on any atom is -0.489 e. The third kappa shape index (κ3) is 3.81. The maximum absolute atomic E-state index is 11.3. The van der Waals surface area contributed by atoms with Crippen LogP contribution in [-0.4, -0.2) is 11.8 Å². The van der Waals surface area contributed by atoms with Gasteiger partial charge in [0.2, 0.25) is 0 Å². The van der Waals surface area contributed by atoms with E-state index < -0.39 is 0 Å². The van der Waals surface area contributed by atoms with Crippen molar-refractivity contribution >= 4 is 11.8 Å². The van der Waals surface area contributed by atoms with Gasteiger partial charge in [-0.05, 0) is 42.0 Å². The van der Waals surface area contributed by atoms with Crippen LogP contribution in [0.15, 0.2) is 48.5 Å². The van der Waals surface area contributed by atoms with E-state index in [-0.39, 0.29) is 11.8 Å². The van der Waals surface area contributed by atoms with Crippen molar-refractivity contribution < 1.29 is 14.3 Å². The second-order valence-corrected chi connectivity index (χ2v) is 4.46. The van der Waals surface area contributed by atoms with Crippen LogP contribution < -0.4 is 27.3 Å². The van der Waals surface area contributed by atoms with Gasteiger partial charge in [-0.1, -0.05) is 12.1 Å². The summed E-state index contributed by atoms with van der Waals surface area (Å²) in [5.74, 6) is 10.0. The third-order valence-corrected chi connectivity index (χ3v) is 3.00. The Hall–Kier alpha value is -2.90. The van der Waals surface area contributed by atoms with Crippen molar-refractivity contribution in [2.24, 2.45) is 11.7 Å². The molecule has 0 radical (unpaired) electrons. The molecular weight excluding hydrogens is 284 g/mol. The van der Waals surface area contributed by atoms with E-state index in [4.69, 9.17) is 16.4 Å². The molecule has 0 bridgehead atoms. The Morgan fingerprint density at radius 1 is 0.818 bits per heavy atom. The molecule has 2 aromatic carbocycles. The SMILES string of the molecule is NNC(=O)c1ccc(COc2ccc(C(=O)NN)cc2)cc1. The predicted octanol–water partition coefficient (Wildman–Crippen LogP) is 0.473. The molecule has 0 fully saturated rings. The number of carbonyl (C=O) groups is 2. The molecule has 114 valence electrons. The highest BCUT2D eigenvalue weighted by Gasteiger charge is 2.05. The average Bonchev–Trinajstić information content (AvgIpc) is 2.59. The van der Waals surface area contributed by atoms with Crippen LogP contribution in [0.4, 0.5) is 0 Å². The molecule has 0 heterocycles. The van der Waals surface area contributed by atoms with Gasteiger partial charge in [-0.3, -0.25) is 20.4 Å². The summed E-state index contributed by atoms with van der Waals surface area (Å²) in [6.45, 7) is 0.340. The highest BCUT2D eigenvalue weighted by molar-refractivity contribution is 5.94. The van der Waals surface area contributed by atoms with E-state index >= 15 is 0 Å². The summed E-state index contributed by atoms with van der Waals surface area (Å²) in [5.41, 5.74) is 5.95. The van der Waals surface area contributed by atoms with Crippen LogP contribution >= 0.6 is 0 Å². The minimum absolute atomic E-state index is 0.340. The lowest BCUT2D eigenvalue weighted by molar-refractivity contribution is 0.0945. The summed E-state index contributed by atoms with van der Waals surface area (Å²) in [7, 11) is 0. The molecule has 7 heteroatoms. The summed E-state index contributed by atoms with van der Waals surface area (Å²) < 4.78 is 5.60. The molecule has 0 atom stereocenters. The Kier molecular flexibility index (Phi) is 5.07. The molecule has 2 rings (SSSR count). The smallest absolute Gasteiger partial charge is 0.265 e. The maximum atomic E-state index is 11.3. The molecule has 2 amide bonds. The monoisotopic (exact) mass is 300 g/mol. The van der Waals surface area contributed by atoms with Crippen LogP contribution in [0.5, 0.6) is 5.75 Å². The minimum atomic E-state index is -0.361. The first-order chi connectivity index (χ1) is 10.6. The van der Waals surface area contributed by atoms with Gasteiger partial charge in [0.25, 0.3) is 11.8 Å². The highest BCUT2D eigenvalue weighted by Crippen LogP contribution is 2.14. The molecule has 0 unspecified atom stereocenters. The summed E-state index contributed by atoms with van der Waals surface area (Å²) in [6, 6.07) is 13.5. The summed E-state index contributed by atoms with van der Waals surface area (Å²) in [6.07, 6.45) is 0. The van der Waals surface area contributed by atoms with Crippen LogP contribution in [0.3, 0.4) is 0 Å². The number of hydrogen-bond donors (Lipinski definition) is 4. The number of carbonyl (C=O) groups excluding carboxylic acids is 2. The van der Waals surface area contributed by atoms with Crippen molar-refractivity contribution in [1.29, 1.82) is 0 Å². The lowest BCUT2D eigenvalue weighted by Crippen LogP contribution is -2.29. The van der Waals surface area contributed by atoms with Crippen molar-refractivity contribution in [2.75, 3.05) is 0 Å². The second-order valence-electron chi connectivity index (χ2n) is 4.46.